The van der Waals surface area contributed by atoms with E-state index in [-0.39, 0.29) is 12.4 Å². The van der Waals surface area contributed by atoms with Crippen LogP contribution in [0.3, 0.4) is 0 Å². The molecule has 1 aliphatic rings. The lowest BCUT2D eigenvalue weighted by molar-refractivity contribution is 0.320. The van der Waals surface area contributed by atoms with Crippen LogP contribution in [0, 0.1) is 0 Å². The molecule has 5 nitrogen and oxygen atoms in total. The van der Waals surface area contributed by atoms with Gasteiger partial charge >= 0.3 is 0 Å². The van der Waals surface area contributed by atoms with Gasteiger partial charge in [-0.05, 0) is 37.1 Å². The summed E-state index contributed by atoms with van der Waals surface area (Å²) in [4.78, 5) is 2.28. The molecule has 100 valence electrons. The van der Waals surface area contributed by atoms with Crippen molar-refractivity contribution in [2.24, 2.45) is 0 Å². The molecule has 0 bridgehead atoms. The number of hydrogen-bond donors (Lipinski definition) is 2. The number of rotatable bonds is 5. The molecule has 1 heterocycles. The highest BCUT2D eigenvalue weighted by atomic mass is 32.2. The van der Waals surface area contributed by atoms with E-state index in [1.54, 1.807) is 12.1 Å². The van der Waals surface area contributed by atoms with E-state index in [0.717, 1.165) is 18.8 Å². The second-order valence-electron chi connectivity index (χ2n) is 4.39. The lowest BCUT2D eigenvalue weighted by Gasteiger charge is -2.17. The number of nitrogens with one attached hydrogen (secondary N) is 1. The highest BCUT2D eigenvalue weighted by Crippen LogP contribution is 2.22. The molecule has 1 aromatic carbocycles. The lowest BCUT2D eigenvalue weighted by Crippen LogP contribution is -2.19. The summed E-state index contributed by atoms with van der Waals surface area (Å²) in [5.41, 5.74) is 1.66. The highest BCUT2D eigenvalue weighted by Gasteiger charge is 2.13. The SMILES string of the molecule is O=S(=O)(CCO)Nc1ccc(N2CCCC2)cc1. The van der Waals surface area contributed by atoms with Crippen molar-refractivity contribution in [2.75, 3.05) is 35.1 Å². The molecular weight excluding hydrogens is 252 g/mol. The van der Waals surface area contributed by atoms with Gasteiger partial charge in [0.15, 0.2) is 0 Å². The quantitative estimate of drug-likeness (QED) is 0.838. The Hall–Kier alpha value is -1.27. The molecule has 6 heteroatoms. The maximum atomic E-state index is 11.5. The molecule has 2 rings (SSSR count). The summed E-state index contributed by atoms with van der Waals surface area (Å²) >= 11 is 0. The average Bonchev–Trinajstić information content (AvgIpc) is 2.82. The summed E-state index contributed by atoms with van der Waals surface area (Å²) in [6, 6.07) is 7.34. The summed E-state index contributed by atoms with van der Waals surface area (Å²) in [6.07, 6.45) is 2.43. The topological polar surface area (TPSA) is 69.6 Å². The first-order chi connectivity index (χ1) is 8.61. The minimum absolute atomic E-state index is 0.277. The largest absolute Gasteiger partial charge is 0.395 e. The minimum Gasteiger partial charge on any atom is -0.395 e. The van der Waals surface area contributed by atoms with Crippen LogP contribution in [0.15, 0.2) is 24.3 Å². The minimum atomic E-state index is -3.43. The van der Waals surface area contributed by atoms with Gasteiger partial charge in [0.2, 0.25) is 10.0 Å². The number of nitrogens with zero attached hydrogens (tertiary/aromatic N) is 1. The van der Waals surface area contributed by atoms with Gasteiger partial charge in [0.05, 0.1) is 12.4 Å². The summed E-state index contributed by atoms with van der Waals surface area (Å²) < 4.78 is 25.3. The van der Waals surface area contributed by atoms with Crippen LogP contribution in [-0.4, -0.2) is 39.0 Å². The van der Waals surface area contributed by atoms with Gasteiger partial charge in [-0.2, -0.15) is 0 Å². The Morgan fingerprint density at radius 1 is 1.17 bits per heavy atom. The predicted molar refractivity (Wildman–Crippen MR) is 72.4 cm³/mol. The number of aliphatic hydroxyl groups excluding tert-OH is 1. The first-order valence-electron chi connectivity index (χ1n) is 6.07. The second kappa shape index (κ2) is 5.58. The first-order valence-corrected chi connectivity index (χ1v) is 7.72. The third-order valence-electron chi connectivity index (χ3n) is 2.97. The van der Waals surface area contributed by atoms with Crippen molar-refractivity contribution in [1.29, 1.82) is 0 Å². The first kappa shape index (κ1) is 13.2. The third-order valence-corrected chi connectivity index (χ3v) is 4.24. The monoisotopic (exact) mass is 270 g/mol. The smallest absolute Gasteiger partial charge is 0.234 e. The van der Waals surface area contributed by atoms with Gasteiger partial charge in [-0.1, -0.05) is 0 Å². The van der Waals surface area contributed by atoms with Crippen molar-refractivity contribution in [3.8, 4) is 0 Å². The van der Waals surface area contributed by atoms with Crippen LogP contribution >= 0.6 is 0 Å². The van der Waals surface area contributed by atoms with Crippen LogP contribution in [0.2, 0.25) is 0 Å². The van der Waals surface area contributed by atoms with Crippen LogP contribution in [0.4, 0.5) is 11.4 Å². The molecular formula is C12H18N2O3S. The molecule has 1 aromatic rings. The van der Waals surface area contributed by atoms with Crippen LogP contribution in [-0.2, 0) is 10.0 Å². The standard InChI is InChI=1S/C12H18N2O3S/c15-9-10-18(16,17)13-11-3-5-12(6-4-11)14-7-1-2-8-14/h3-6,13,15H,1-2,7-10H2. The van der Waals surface area contributed by atoms with E-state index in [1.807, 2.05) is 12.1 Å². The van der Waals surface area contributed by atoms with Gasteiger partial charge < -0.3 is 10.0 Å². The van der Waals surface area contributed by atoms with E-state index in [4.69, 9.17) is 5.11 Å². The fourth-order valence-electron chi connectivity index (χ4n) is 2.07. The van der Waals surface area contributed by atoms with E-state index in [2.05, 4.69) is 9.62 Å². The Morgan fingerprint density at radius 2 is 1.78 bits per heavy atom. The average molecular weight is 270 g/mol. The molecule has 1 fully saturated rings. The van der Waals surface area contributed by atoms with Crippen LogP contribution in [0.25, 0.3) is 0 Å². The molecule has 0 amide bonds. The molecule has 0 aliphatic carbocycles. The maximum absolute atomic E-state index is 11.5. The summed E-state index contributed by atoms with van der Waals surface area (Å²) in [5.74, 6) is -0.277. The Labute approximate surface area is 107 Å². The highest BCUT2D eigenvalue weighted by molar-refractivity contribution is 7.92. The molecule has 1 saturated heterocycles. The zero-order valence-corrected chi connectivity index (χ0v) is 11.0. The molecule has 1 aliphatic heterocycles. The van der Waals surface area contributed by atoms with Crippen molar-refractivity contribution in [3.63, 3.8) is 0 Å². The van der Waals surface area contributed by atoms with Gasteiger partial charge in [0.25, 0.3) is 0 Å². The number of benzene rings is 1. The molecule has 0 unspecified atom stereocenters. The van der Waals surface area contributed by atoms with E-state index in [0.29, 0.717) is 5.69 Å². The number of sulfonamides is 1. The fraction of sp³-hybridized carbons (Fsp3) is 0.500. The van der Waals surface area contributed by atoms with E-state index in [1.165, 1.54) is 12.8 Å². The molecule has 0 radical (unpaired) electrons. The Balaban J connectivity index is 2.03. The van der Waals surface area contributed by atoms with Gasteiger partial charge in [-0.3, -0.25) is 4.72 Å². The van der Waals surface area contributed by atoms with Crippen LogP contribution < -0.4 is 9.62 Å². The zero-order valence-electron chi connectivity index (χ0n) is 10.2. The van der Waals surface area contributed by atoms with Crippen molar-refractivity contribution < 1.29 is 13.5 Å². The lowest BCUT2D eigenvalue weighted by atomic mass is 10.2. The normalized spacial score (nSPS) is 15.9. The predicted octanol–water partition coefficient (Wildman–Crippen LogP) is 1.02. The van der Waals surface area contributed by atoms with Gasteiger partial charge in [-0.25, -0.2) is 8.42 Å². The molecule has 0 saturated carbocycles. The van der Waals surface area contributed by atoms with E-state index >= 15 is 0 Å². The molecule has 2 N–H and O–H groups in total. The van der Waals surface area contributed by atoms with Crippen molar-refractivity contribution in [1.82, 2.24) is 0 Å². The van der Waals surface area contributed by atoms with Gasteiger partial charge in [-0.15, -0.1) is 0 Å². The number of anilines is 2. The maximum Gasteiger partial charge on any atom is 0.234 e. The number of aliphatic hydroxyl groups is 1. The fourth-order valence-corrected chi connectivity index (χ4v) is 2.90. The Kier molecular flexibility index (Phi) is 4.08. The number of hydrogen-bond acceptors (Lipinski definition) is 4. The third kappa shape index (κ3) is 3.36. The van der Waals surface area contributed by atoms with Crippen LogP contribution in [0.5, 0.6) is 0 Å². The van der Waals surface area contributed by atoms with Crippen molar-refractivity contribution >= 4 is 21.4 Å². The van der Waals surface area contributed by atoms with Crippen LogP contribution in [0.1, 0.15) is 12.8 Å². The Morgan fingerprint density at radius 3 is 2.33 bits per heavy atom. The second-order valence-corrected chi connectivity index (χ2v) is 6.23. The summed E-state index contributed by atoms with van der Waals surface area (Å²) in [6.45, 7) is 1.76. The van der Waals surface area contributed by atoms with E-state index in [9.17, 15) is 8.42 Å². The molecule has 18 heavy (non-hydrogen) atoms. The van der Waals surface area contributed by atoms with Crippen molar-refractivity contribution in [2.45, 2.75) is 12.8 Å². The molecule has 0 atom stereocenters. The van der Waals surface area contributed by atoms with Gasteiger partial charge in [0, 0.05) is 24.5 Å². The summed E-state index contributed by atoms with van der Waals surface area (Å²) in [5, 5.41) is 8.64. The molecule has 0 spiro atoms. The van der Waals surface area contributed by atoms with Crippen molar-refractivity contribution in [3.05, 3.63) is 24.3 Å². The van der Waals surface area contributed by atoms with Gasteiger partial charge in [0.1, 0.15) is 0 Å². The summed E-state index contributed by atoms with van der Waals surface area (Å²) in [7, 11) is -3.43. The van der Waals surface area contributed by atoms with E-state index < -0.39 is 10.0 Å². The zero-order chi connectivity index (χ0) is 13.0. The Bertz CT molecular complexity index is 479. The molecule has 0 aromatic heterocycles.